The van der Waals surface area contributed by atoms with E-state index in [2.05, 4.69) is 44.7 Å². The van der Waals surface area contributed by atoms with E-state index in [0.29, 0.717) is 0 Å². The van der Waals surface area contributed by atoms with Crippen LogP contribution >= 0.6 is 27.3 Å². The summed E-state index contributed by atoms with van der Waals surface area (Å²) in [5.74, 6) is 0.906. The van der Waals surface area contributed by atoms with Crippen LogP contribution in [0, 0.1) is 0 Å². The van der Waals surface area contributed by atoms with Gasteiger partial charge in [-0.2, -0.15) is 5.10 Å². The number of halogens is 1. The third-order valence-corrected chi connectivity index (χ3v) is 4.40. The van der Waals surface area contributed by atoms with Crippen LogP contribution in [0.15, 0.2) is 15.9 Å². The predicted molar refractivity (Wildman–Crippen MR) is 81.0 cm³/mol. The number of aryl methyl sites for hydroxylation is 2. The maximum absolute atomic E-state index is 6.11. The minimum Gasteiger partial charge on any atom is -0.394 e. The fourth-order valence-electron chi connectivity index (χ4n) is 1.84. The standard InChI is InChI=1S/C12H17BrN4S/c1-3-4-10-11(14)12(17(2)16-10)15-6-9-5-8(13)7-18-9/h5,7,15H,3-4,6,14H2,1-2H3. The van der Waals surface area contributed by atoms with Crippen LogP contribution < -0.4 is 11.1 Å². The number of thiophene rings is 1. The maximum Gasteiger partial charge on any atom is 0.148 e. The summed E-state index contributed by atoms with van der Waals surface area (Å²) < 4.78 is 2.94. The van der Waals surface area contributed by atoms with Gasteiger partial charge in [-0.05, 0) is 28.4 Å². The normalized spacial score (nSPS) is 10.8. The zero-order valence-corrected chi connectivity index (χ0v) is 12.9. The van der Waals surface area contributed by atoms with Crippen LogP contribution in [0.3, 0.4) is 0 Å². The largest absolute Gasteiger partial charge is 0.394 e. The van der Waals surface area contributed by atoms with Gasteiger partial charge in [0.2, 0.25) is 0 Å². The number of hydrogen-bond acceptors (Lipinski definition) is 4. The van der Waals surface area contributed by atoms with E-state index < -0.39 is 0 Å². The number of nitrogens with two attached hydrogens (primary N) is 1. The molecule has 3 N–H and O–H groups in total. The molecule has 0 amide bonds. The van der Waals surface area contributed by atoms with E-state index in [4.69, 9.17) is 5.73 Å². The molecule has 0 bridgehead atoms. The van der Waals surface area contributed by atoms with Gasteiger partial charge in [-0.1, -0.05) is 13.3 Å². The summed E-state index contributed by atoms with van der Waals surface area (Å²) in [4.78, 5) is 1.26. The van der Waals surface area contributed by atoms with Crippen molar-refractivity contribution >= 4 is 38.8 Å². The Morgan fingerprint density at radius 1 is 1.56 bits per heavy atom. The molecule has 0 aliphatic carbocycles. The molecule has 6 heteroatoms. The monoisotopic (exact) mass is 328 g/mol. The van der Waals surface area contributed by atoms with Crippen molar-refractivity contribution in [1.29, 1.82) is 0 Å². The minimum atomic E-state index is 0.769. The Morgan fingerprint density at radius 3 is 2.94 bits per heavy atom. The van der Waals surface area contributed by atoms with Crippen LogP contribution in [0.2, 0.25) is 0 Å². The van der Waals surface area contributed by atoms with Gasteiger partial charge < -0.3 is 11.1 Å². The molecule has 0 atom stereocenters. The lowest BCUT2D eigenvalue weighted by Gasteiger charge is -2.06. The molecule has 0 fully saturated rings. The first kappa shape index (κ1) is 13.4. The summed E-state index contributed by atoms with van der Waals surface area (Å²) in [5.41, 5.74) is 7.86. The van der Waals surface area contributed by atoms with Crippen molar-refractivity contribution in [3.05, 3.63) is 26.5 Å². The minimum absolute atomic E-state index is 0.769. The molecular weight excluding hydrogens is 312 g/mol. The second-order valence-electron chi connectivity index (χ2n) is 4.17. The van der Waals surface area contributed by atoms with Gasteiger partial charge in [0, 0.05) is 21.8 Å². The third-order valence-electron chi connectivity index (χ3n) is 2.70. The first-order chi connectivity index (χ1) is 8.61. The predicted octanol–water partition coefficient (Wildman–Crippen LogP) is 3.39. The molecule has 0 radical (unpaired) electrons. The Bertz CT molecular complexity index is 532. The first-order valence-electron chi connectivity index (χ1n) is 5.90. The Hall–Kier alpha value is -1.01. The Labute approximate surface area is 119 Å². The number of rotatable bonds is 5. The molecule has 0 unspecified atom stereocenters. The summed E-state index contributed by atoms with van der Waals surface area (Å²) >= 11 is 5.17. The highest BCUT2D eigenvalue weighted by Crippen LogP contribution is 2.25. The fraction of sp³-hybridized carbons (Fsp3) is 0.417. The van der Waals surface area contributed by atoms with Crippen molar-refractivity contribution in [3.8, 4) is 0 Å². The number of aromatic nitrogens is 2. The highest BCUT2D eigenvalue weighted by atomic mass is 79.9. The highest BCUT2D eigenvalue weighted by molar-refractivity contribution is 9.10. The van der Waals surface area contributed by atoms with Crippen molar-refractivity contribution < 1.29 is 0 Å². The van der Waals surface area contributed by atoms with E-state index in [0.717, 1.165) is 41.1 Å². The molecule has 2 rings (SSSR count). The van der Waals surface area contributed by atoms with E-state index in [9.17, 15) is 0 Å². The molecule has 0 spiro atoms. The van der Waals surface area contributed by atoms with Crippen LogP contribution in [0.5, 0.6) is 0 Å². The number of anilines is 2. The van der Waals surface area contributed by atoms with Crippen LogP contribution in [-0.4, -0.2) is 9.78 Å². The lowest BCUT2D eigenvalue weighted by molar-refractivity contribution is 0.735. The Kier molecular flexibility index (Phi) is 4.29. The van der Waals surface area contributed by atoms with Gasteiger partial charge in [-0.3, -0.25) is 4.68 Å². The van der Waals surface area contributed by atoms with E-state index >= 15 is 0 Å². The zero-order chi connectivity index (χ0) is 13.1. The smallest absolute Gasteiger partial charge is 0.148 e. The van der Waals surface area contributed by atoms with Crippen molar-refractivity contribution in [2.75, 3.05) is 11.1 Å². The molecule has 0 aliphatic heterocycles. The third kappa shape index (κ3) is 2.87. The number of nitrogen functional groups attached to an aromatic ring is 1. The summed E-state index contributed by atoms with van der Waals surface area (Å²) in [6.45, 7) is 2.90. The molecule has 4 nitrogen and oxygen atoms in total. The number of nitrogens with zero attached hydrogens (tertiary/aromatic N) is 2. The number of nitrogens with one attached hydrogen (secondary N) is 1. The van der Waals surface area contributed by atoms with Crippen LogP contribution in [0.4, 0.5) is 11.5 Å². The zero-order valence-electron chi connectivity index (χ0n) is 10.5. The van der Waals surface area contributed by atoms with Crippen LogP contribution in [0.25, 0.3) is 0 Å². The lowest BCUT2D eigenvalue weighted by atomic mass is 10.2. The highest BCUT2D eigenvalue weighted by Gasteiger charge is 2.12. The molecule has 18 heavy (non-hydrogen) atoms. The van der Waals surface area contributed by atoms with Gasteiger partial charge in [0.05, 0.1) is 17.9 Å². The summed E-state index contributed by atoms with van der Waals surface area (Å²) in [7, 11) is 1.92. The average molecular weight is 329 g/mol. The topological polar surface area (TPSA) is 55.9 Å². The Morgan fingerprint density at radius 2 is 2.33 bits per heavy atom. The Balaban J connectivity index is 2.09. The van der Waals surface area contributed by atoms with Gasteiger partial charge in [-0.25, -0.2) is 0 Å². The van der Waals surface area contributed by atoms with Crippen molar-refractivity contribution in [2.24, 2.45) is 7.05 Å². The lowest BCUT2D eigenvalue weighted by Crippen LogP contribution is -2.05. The van der Waals surface area contributed by atoms with E-state index in [-0.39, 0.29) is 0 Å². The second kappa shape index (κ2) is 5.75. The van der Waals surface area contributed by atoms with Crippen LogP contribution in [-0.2, 0) is 20.0 Å². The van der Waals surface area contributed by atoms with Crippen molar-refractivity contribution in [3.63, 3.8) is 0 Å². The second-order valence-corrected chi connectivity index (χ2v) is 6.08. The SMILES string of the molecule is CCCc1nn(C)c(NCc2cc(Br)cs2)c1N. The van der Waals surface area contributed by atoms with Gasteiger partial charge in [0.1, 0.15) is 5.82 Å². The number of hydrogen-bond donors (Lipinski definition) is 2. The molecule has 2 heterocycles. The molecule has 0 aliphatic rings. The van der Waals surface area contributed by atoms with Gasteiger partial charge in [0.25, 0.3) is 0 Å². The van der Waals surface area contributed by atoms with Gasteiger partial charge >= 0.3 is 0 Å². The molecule has 0 saturated heterocycles. The van der Waals surface area contributed by atoms with Crippen molar-refractivity contribution in [2.45, 2.75) is 26.3 Å². The summed E-state index contributed by atoms with van der Waals surface area (Å²) in [6, 6.07) is 2.11. The van der Waals surface area contributed by atoms with E-state index in [1.165, 1.54) is 4.88 Å². The molecule has 2 aromatic heterocycles. The van der Waals surface area contributed by atoms with Gasteiger partial charge in [-0.15, -0.1) is 11.3 Å². The first-order valence-corrected chi connectivity index (χ1v) is 7.57. The van der Waals surface area contributed by atoms with Crippen molar-refractivity contribution in [1.82, 2.24) is 9.78 Å². The molecule has 2 aromatic rings. The van der Waals surface area contributed by atoms with E-state index in [1.54, 1.807) is 11.3 Å². The quantitative estimate of drug-likeness (QED) is 0.884. The van der Waals surface area contributed by atoms with E-state index in [1.807, 2.05) is 11.7 Å². The maximum atomic E-state index is 6.11. The molecule has 0 aromatic carbocycles. The summed E-state index contributed by atoms with van der Waals surface area (Å²) in [6.07, 6.45) is 1.98. The van der Waals surface area contributed by atoms with Crippen LogP contribution in [0.1, 0.15) is 23.9 Å². The molecule has 0 saturated carbocycles. The van der Waals surface area contributed by atoms with Gasteiger partial charge in [0.15, 0.2) is 0 Å². The fourth-order valence-corrected chi connectivity index (χ4v) is 3.24. The molecule has 98 valence electrons. The average Bonchev–Trinajstić information content (AvgIpc) is 2.84. The molecular formula is C12H17BrN4S. The summed E-state index contributed by atoms with van der Waals surface area (Å²) in [5, 5.41) is 9.87.